The quantitative estimate of drug-likeness (QED) is 0.707. The Bertz CT molecular complexity index is 418. The number of nitrogens with zero attached hydrogens (tertiary/aromatic N) is 1. The second kappa shape index (κ2) is 3.59. The van der Waals surface area contributed by atoms with Gasteiger partial charge < -0.3 is 14.1 Å². The van der Waals surface area contributed by atoms with Gasteiger partial charge in [-0.25, -0.2) is 0 Å². The van der Waals surface area contributed by atoms with Crippen molar-refractivity contribution in [2.75, 3.05) is 31.2 Å². The zero-order valence-electron chi connectivity index (χ0n) is 8.40. The molecule has 0 aromatic carbocycles. The molecule has 0 aromatic rings. The van der Waals surface area contributed by atoms with Gasteiger partial charge in [0.25, 0.3) is 0 Å². The van der Waals surface area contributed by atoms with Crippen molar-refractivity contribution >= 4 is 5.69 Å². The number of ether oxygens (including phenoxy) is 1. The van der Waals surface area contributed by atoms with Gasteiger partial charge in [-0.2, -0.15) is 0 Å². The summed E-state index contributed by atoms with van der Waals surface area (Å²) in [5.41, 5.74) is 2.36. The van der Waals surface area contributed by atoms with Crippen LogP contribution in [-0.2, 0) is 4.74 Å². The molecule has 0 aromatic heterocycles. The van der Waals surface area contributed by atoms with Gasteiger partial charge >= 0.3 is 0 Å². The minimum Gasteiger partial charge on any atom is -0.464 e. The number of anilines is 1. The first-order valence-corrected chi connectivity index (χ1v) is 5.15. The number of hydrogen-bond donors (Lipinski definition) is 0. The molecule has 1 fully saturated rings. The Morgan fingerprint density at radius 1 is 1.20 bits per heavy atom. The average Bonchev–Trinajstić information content (AvgIpc) is 2.78. The summed E-state index contributed by atoms with van der Waals surface area (Å²) in [7, 11) is 0. The minimum absolute atomic E-state index is 0.804. The van der Waals surface area contributed by atoms with Crippen LogP contribution in [0.5, 0.6) is 0 Å². The largest absolute Gasteiger partial charge is 0.464 e. The number of rotatable bonds is 1. The number of morpholine rings is 1. The molecule has 0 spiro atoms. The van der Waals surface area contributed by atoms with Crippen LogP contribution in [0, 0.1) is 6.07 Å². The zero-order valence-corrected chi connectivity index (χ0v) is 8.40. The Labute approximate surface area is 88.6 Å². The standard InChI is InChI=1S/C12H12NO2/c1-2-10-11(4-7-15-12(10)3-1)13-5-8-14-9-6-13/h2-4,7H,5-6,8-9H2. The summed E-state index contributed by atoms with van der Waals surface area (Å²) in [6.45, 7) is 3.50. The van der Waals surface area contributed by atoms with Gasteiger partial charge in [0, 0.05) is 18.7 Å². The highest BCUT2D eigenvalue weighted by molar-refractivity contribution is 5.76. The Hall–Kier alpha value is -1.48. The molecule has 1 saturated heterocycles. The molecule has 3 rings (SSSR count). The topological polar surface area (TPSA) is 25.6 Å². The molecule has 2 heterocycles. The first-order chi connectivity index (χ1) is 7.45. The summed E-state index contributed by atoms with van der Waals surface area (Å²) in [5.74, 6) is 0.902. The molecular formula is C12H12NO2. The van der Waals surface area contributed by atoms with E-state index in [-0.39, 0.29) is 0 Å². The first kappa shape index (κ1) is 8.80. The lowest BCUT2D eigenvalue weighted by atomic mass is 10.2. The van der Waals surface area contributed by atoms with Gasteiger partial charge in [0.1, 0.15) is 5.76 Å². The van der Waals surface area contributed by atoms with Crippen molar-refractivity contribution in [1.82, 2.24) is 0 Å². The third-order valence-corrected chi connectivity index (χ3v) is 2.76. The summed E-state index contributed by atoms with van der Waals surface area (Å²) in [6, 6.07) is 8.93. The molecule has 1 aliphatic carbocycles. The van der Waals surface area contributed by atoms with Gasteiger partial charge in [-0.3, -0.25) is 0 Å². The van der Waals surface area contributed by atoms with Crippen LogP contribution in [0.3, 0.4) is 0 Å². The summed E-state index contributed by atoms with van der Waals surface area (Å²) in [6.07, 6.45) is 1.74. The van der Waals surface area contributed by atoms with Gasteiger partial charge in [0.2, 0.25) is 0 Å². The average molecular weight is 202 g/mol. The maximum Gasteiger partial charge on any atom is 0.136 e. The lowest BCUT2D eigenvalue weighted by molar-refractivity contribution is 0.122. The molecule has 0 N–H and O–H groups in total. The molecule has 0 bridgehead atoms. The Balaban J connectivity index is 1.99. The second-order valence-electron chi connectivity index (χ2n) is 3.64. The van der Waals surface area contributed by atoms with Crippen LogP contribution >= 0.6 is 0 Å². The van der Waals surface area contributed by atoms with E-state index in [0.29, 0.717) is 0 Å². The number of hydrogen-bond acceptors (Lipinski definition) is 3. The van der Waals surface area contributed by atoms with Gasteiger partial charge in [0.15, 0.2) is 0 Å². The van der Waals surface area contributed by atoms with Crippen LogP contribution in [0.4, 0.5) is 5.69 Å². The van der Waals surface area contributed by atoms with Crippen LogP contribution in [0.1, 0.15) is 0 Å². The van der Waals surface area contributed by atoms with Gasteiger partial charge in [-0.15, -0.1) is 0 Å². The van der Waals surface area contributed by atoms with Gasteiger partial charge in [0.05, 0.1) is 25.2 Å². The van der Waals surface area contributed by atoms with E-state index in [1.54, 1.807) is 6.26 Å². The normalized spacial score (nSPS) is 17.2. The van der Waals surface area contributed by atoms with Crippen molar-refractivity contribution in [3.8, 4) is 11.3 Å². The van der Waals surface area contributed by atoms with E-state index in [4.69, 9.17) is 9.15 Å². The fourth-order valence-corrected chi connectivity index (χ4v) is 1.99. The number of fused-ring (bicyclic) bond motifs is 1. The predicted molar refractivity (Wildman–Crippen MR) is 57.2 cm³/mol. The Kier molecular flexibility index (Phi) is 2.10. The smallest absolute Gasteiger partial charge is 0.136 e. The molecule has 2 aliphatic heterocycles. The maximum absolute atomic E-state index is 5.39. The maximum atomic E-state index is 5.39. The monoisotopic (exact) mass is 202 g/mol. The predicted octanol–water partition coefficient (Wildman–Crippen LogP) is 2.02. The van der Waals surface area contributed by atoms with Crippen molar-refractivity contribution in [1.29, 1.82) is 0 Å². The van der Waals surface area contributed by atoms with E-state index in [0.717, 1.165) is 37.6 Å². The minimum atomic E-state index is 0.804. The van der Waals surface area contributed by atoms with E-state index >= 15 is 0 Å². The molecule has 0 atom stereocenters. The molecule has 3 heteroatoms. The fraction of sp³-hybridized carbons (Fsp3) is 0.333. The summed E-state index contributed by atoms with van der Waals surface area (Å²) in [5, 5.41) is 0. The molecule has 15 heavy (non-hydrogen) atoms. The first-order valence-electron chi connectivity index (χ1n) is 5.15. The summed E-state index contributed by atoms with van der Waals surface area (Å²) >= 11 is 0. The molecule has 0 unspecified atom stereocenters. The third-order valence-electron chi connectivity index (χ3n) is 2.76. The SMILES string of the molecule is [c]1cc2occc(N3CCOCC3)c-2c1. The van der Waals surface area contributed by atoms with Crippen LogP contribution < -0.4 is 4.90 Å². The van der Waals surface area contributed by atoms with E-state index in [1.165, 1.54) is 5.69 Å². The van der Waals surface area contributed by atoms with Crippen LogP contribution in [-0.4, -0.2) is 26.3 Å². The highest BCUT2D eigenvalue weighted by atomic mass is 16.5. The molecule has 77 valence electrons. The molecule has 1 radical (unpaired) electrons. The van der Waals surface area contributed by atoms with E-state index < -0.39 is 0 Å². The van der Waals surface area contributed by atoms with Crippen molar-refractivity contribution in [2.24, 2.45) is 0 Å². The molecule has 0 amide bonds. The lowest BCUT2D eigenvalue weighted by Crippen LogP contribution is -2.36. The van der Waals surface area contributed by atoms with Crippen LogP contribution in [0.15, 0.2) is 28.9 Å². The van der Waals surface area contributed by atoms with Crippen molar-refractivity contribution in [3.05, 3.63) is 30.5 Å². The van der Waals surface area contributed by atoms with Crippen molar-refractivity contribution < 1.29 is 9.15 Å². The lowest BCUT2D eigenvalue weighted by Gasteiger charge is -2.30. The molecule has 3 nitrogen and oxygen atoms in total. The highest BCUT2D eigenvalue weighted by Gasteiger charge is 2.17. The Morgan fingerprint density at radius 3 is 2.93 bits per heavy atom. The molecule has 3 aliphatic rings. The van der Waals surface area contributed by atoms with Crippen molar-refractivity contribution in [3.63, 3.8) is 0 Å². The molecular weight excluding hydrogens is 190 g/mol. The van der Waals surface area contributed by atoms with Gasteiger partial charge in [-0.1, -0.05) is 0 Å². The third kappa shape index (κ3) is 1.49. The fourth-order valence-electron chi connectivity index (χ4n) is 1.99. The van der Waals surface area contributed by atoms with E-state index in [2.05, 4.69) is 11.0 Å². The highest BCUT2D eigenvalue weighted by Crippen LogP contribution is 2.33. The van der Waals surface area contributed by atoms with Crippen LogP contribution in [0.2, 0.25) is 0 Å². The summed E-state index contributed by atoms with van der Waals surface area (Å²) < 4.78 is 10.7. The van der Waals surface area contributed by atoms with Crippen molar-refractivity contribution in [2.45, 2.75) is 0 Å². The van der Waals surface area contributed by atoms with Crippen LogP contribution in [0.25, 0.3) is 11.3 Å². The Morgan fingerprint density at radius 2 is 2.07 bits per heavy atom. The zero-order chi connectivity index (χ0) is 10.1. The van der Waals surface area contributed by atoms with Gasteiger partial charge in [-0.05, 0) is 24.3 Å². The van der Waals surface area contributed by atoms with E-state index in [1.807, 2.05) is 18.2 Å². The van der Waals surface area contributed by atoms with E-state index in [9.17, 15) is 0 Å². The summed E-state index contributed by atoms with van der Waals surface area (Å²) in [4.78, 5) is 2.33. The molecule has 0 saturated carbocycles. The second-order valence-corrected chi connectivity index (χ2v) is 3.64.